The van der Waals surface area contributed by atoms with Crippen LogP contribution in [0.4, 0.5) is 5.69 Å². The number of piperidine rings is 1. The number of amides is 3. The van der Waals surface area contributed by atoms with Gasteiger partial charge in [-0.2, -0.15) is 0 Å². The Labute approximate surface area is 148 Å². The van der Waals surface area contributed by atoms with Crippen LogP contribution in [0.2, 0.25) is 2.82 Å². The molecule has 3 amide bonds. The lowest BCUT2D eigenvalue weighted by Gasteiger charge is -2.34. The number of hydrogen-bond acceptors (Lipinski definition) is 4. The summed E-state index contributed by atoms with van der Waals surface area (Å²) in [5, 5.41) is 0.305. The SMILES string of the molecule is [2H]c1c(C)c(C)c(N([2H])C)c2c1C(=O)N(C1([2H])C(=O)N([2H])C(=O)C([2H])([2H])C1([2H])C)C2([2H])[2H]. The maximum Gasteiger partial charge on any atom is 0.255 e. The van der Waals surface area contributed by atoms with Crippen molar-refractivity contribution in [3.8, 4) is 0 Å². The van der Waals surface area contributed by atoms with Crippen LogP contribution in [0.5, 0.6) is 0 Å². The van der Waals surface area contributed by atoms with E-state index in [0.717, 1.165) is 5.31 Å². The van der Waals surface area contributed by atoms with Gasteiger partial charge in [0.05, 0.1) is 5.48 Å². The lowest BCUT2D eigenvalue weighted by molar-refractivity contribution is -0.139. The van der Waals surface area contributed by atoms with E-state index >= 15 is 0 Å². The van der Waals surface area contributed by atoms with Crippen molar-refractivity contribution in [1.82, 2.24) is 10.2 Å². The summed E-state index contributed by atoms with van der Waals surface area (Å²) >= 11 is 0. The number of nitrogens with one attached hydrogen (secondary N) is 2. The lowest BCUT2D eigenvalue weighted by atomic mass is 9.92. The highest BCUT2D eigenvalue weighted by molar-refractivity contribution is 6.06. The van der Waals surface area contributed by atoms with Gasteiger partial charge < -0.3 is 10.2 Å². The molecule has 2 unspecified atom stereocenters. The second-order valence-electron chi connectivity index (χ2n) is 5.27. The van der Waals surface area contributed by atoms with E-state index in [4.69, 9.17) is 12.4 Å². The summed E-state index contributed by atoms with van der Waals surface area (Å²) in [6.45, 7) is 0.653. The molecule has 1 aromatic carbocycles. The number of benzene rings is 1. The molecule has 0 radical (unpaired) electrons. The Hall–Kier alpha value is -2.37. The first-order valence-electron chi connectivity index (χ1n) is 11.3. The minimum absolute atomic E-state index is 0.0235. The molecular weight excluding hydrogens is 294 g/mol. The van der Waals surface area contributed by atoms with E-state index in [1.54, 1.807) is 0 Å². The van der Waals surface area contributed by atoms with Crippen LogP contribution in [0.15, 0.2) is 6.04 Å². The van der Waals surface area contributed by atoms with E-state index in [1.165, 1.54) is 20.9 Å². The molecule has 3 rings (SSSR count). The van der Waals surface area contributed by atoms with Gasteiger partial charge in [0.1, 0.15) is 6.02 Å². The Morgan fingerprint density at radius 3 is 2.87 bits per heavy atom. The molecule has 0 aliphatic carbocycles. The number of hydrogen-bond donors (Lipinski definition) is 2. The van der Waals surface area contributed by atoms with Crippen molar-refractivity contribution in [3.05, 3.63) is 28.3 Å². The van der Waals surface area contributed by atoms with Gasteiger partial charge in [-0.3, -0.25) is 19.7 Å². The molecule has 0 aromatic heterocycles. The van der Waals surface area contributed by atoms with Gasteiger partial charge in [0.2, 0.25) is 11.8 Å². The van der Waals surface area contributed by atoms with E-state index in [1.807, 2.05) is 0 Å². The van der Waals surface area contributed by atoms with Crippen LogP contribution in [0, 0.1) is 19.7 Å². The zero-order valence-electron chi connectivity index (χ0n) is 22.1. The summed E-state index contributed by atoms with van der Waals surface area (Å²) in [4.78, 5) is 38.6. The summed E-state index contributed by atoms with van der Waals surface area (Å²) in [5.41, 5.74) is -0.539. The van der Waals surface area contributed by atoms with Crippen LogP contribution in [-0.4, -0.2) is 35.7 Å². The van der Waals surface area contributed by atoms with Crippen LogP contribution in [0.1, 0.15) is 49.9 Å². The minimum Gasteiger partial charge on any atom is -0.388 e. The lowest BCUT2D eigenvalue weighted by Crippen LogP contribution is -2.56. The number of carbonyl (C=O) groups is 3. The van der Waals surface area contributed by atoms with Crippen molar-refractivity contribution in [2.45, 2.75) is 39.7 Å². The normalized spacial score (nSPS) is 40.7. The molecule has 1 saturated heterocycles. The first-order chi connectivity index (χ1) is 14.3. The fourth-order valence-electron chi connectivity index (χ4n) is 2.62. The van der Waals surface area contributed by atoms with Crippen LogP contribution in [0.3, 0.4) is 0 Å². The average molecular weight is 324 g/mol. The highest BCUT2D eigenvalue weighted by Crippen LogP contribution is 2.36. The van der Waals surface area contributed by atoms with E-state index in [2.05, 4.69) is 0 Å². The number of fused-ring (bicyclic) bond motifs is 1. The molecule has 2 heterocycles. The van der Waals surface area contributed by atoms with Crippen molar-refractivity contribution < 1.29 is 26.8 Å². The first kappa shape index (κ1) is 7.95. The van der Waals surface area contributed by atoms with Crippen molar-refractivity contribution >= 4 is 23.4 Å². The van der Waals surface area contributed by atoms with E-state index in [0.29, 0.717) is 12.5 Å². The highest BCUT2D eigenvalue weighted by atomic mass is 16.2. The van der Waals surface area contributed by atoms with E-state index in [-0.39, 0.29) is 16.2 Å². The highest BCUT2D eigenvalue weighted by Gasteiger charge is 2.43. The van der Waals surface area contributed by atoms with Crippen LogP contribution < -0.4 is 10.6 Å². The maximum absolute atomic E-state index is 13.5. The van der Waals surface area contributed by atoms with Crippen LogP contribution >= 0.6 is 0 Å². The topological polar surface area (TPSA) is 78.5 Å². The quantitative estimate of drug-likeness (QED) is 0.805. The largest absolute Gasteiger partial charge is 0.388 e. The van der Waals surface area contributed by atoms with Crippen molar-refractivity contribution in [2.24, 2.45) is 5.89 Å². The number of imide groups is 1. The van der Waals surface area contributed by atoms with Gasteiger partial charge in [0.25, 0.3) is 5.91 Å². The van der Waals surface area contributed by atoms with E-state index in [9.17, 15) is 14.4 Å². The second kappa shape index (κ2) is 5.37. The molecule has 2 aliphatic heterocycles. The van der Waals surface area contributed by atoms with Crippen molar-refractivity contribution in [2.75, 3.05) is 12.4 Å². The van der Waals surface area contributed by atoms with Gasteiger partial charge in [-0.1, -0.05) is 6.92 Å². The molecule has 1 fully saturated rings. The minimum atomic E-state index is -3.39. The number of nitrogens with zero attached hydrogens (tertiary/aromatic N) is 1. The summed E-state index contributed by atoms with van der Waals surface area (Å²) in [6, 6.07) is -3.79. The summed E-state index contributed by atoms with van der Waals surface area (Å²) in [6.07, 6.45) is -3.31. The summed E-state index contributed by atoms with van der Waals surface area (Å²) in [7, 11) is 1.26. The summed E-state index contributed by atoms with van der Waals surface area (Å²) < 4.78 is 74.7. The Morgan fingerprint density at radius 1 is 1.52 bits per heavy atom. The standard InChI is InChI=1S/C17H21N3O3/c1-8-5-11-12(14(18-4)10(8)3)7-20(17(11)23)15-9(2)6-13(21)19-16(15)22/h5,9,15,18H,6-7H2,1-4H3,(H,19,21,22)/i5D,6D2,7D2,9D,15D/hD2. The molecule has 23 heavy (non-hydrogen) atoms. The average Bonchev–Trinajstić information content (AvgIpc) is 2.88. The van der Waals surface area contributed by atoms with Crippen LogP contribution in [0.25, 0.3) is 0 Å². The third-order valence-corrected chi connectivity index (χ3v) is 3.86. The molecule has 122 valence electrons. The predicted molar refractivity (Wildman–Crippen MR) is 86.1 cm³/mol. The molecular formula is C17H21N3O3. The molecule has 0 bridgehead atoms. The predicted octanol–water partition coefficient (Wildman–Crippen LogP) is 1.35. The zero-order valence-corrected chi connectivity index (χ0v) is 13.1. The third-order valence-electron chi connectivity index (χ3n) is 3.86. The molecule has 1 aromatic rings. The molecule has 6 nitrogen and oxygen atoms in total. The number of rotatable bonds is 2. The smallest absolute Gasteiger partial charge is 0.255 e. The Kier molecular flexibility index (Phi) is 1.85. The van der Waals surface area contributed by atoms with Crippen molar-refractivity contribution in [3.63, 3.8) is 0 Å². The van der Waals surface area contributed by atoms with Gasteiger partial charge in [0, 0.05) is 40.8 Å². The molecule has 2 atom stereocenters. The number of anilines is 1. The first-order valence-corrected chi connectivity index (χ1v) is 6.90. The van der Waals surface area contributed by atoms with Gasteiger partial charge >= 0.3 is 0 Å². The number of carbonyl (C=O) groups excluding carboxylic acids is 3. The second-order valence-corrected chi connectivity index (χ2v) is 5.27. The fraction of sp³-hybridized carbons (Fsp3) is 0.471. The zero-order chi connectivity index (χ0) is 24.9. The Morgan fingerprint density at radius 2 is 2.22 bits per heavy atom. The van der Waals surface area contributed by atoms with E-state index < -0.39 is 65.0 Å². The van der Waals surface area contributed by atoms with Gasteiger partial charge in [-0.15, -0.1) is 0 Å². The molecule has 2 aliphatic rings. The van der Waals surface area contributed by atoms with Crippen molar-refractivity contribution in [1.29, 1.82) is 0 Å². The monoisotopic (exact) mass is 324 g/mol. The Bertz CT molecular complexity index is 1090. The van der Waals surface area contributed by atoms with Gasteiger partial charge in [0.15, 0.2) is 2.82 Å². The molecule has 0 spiro atoms. The van der Waals surface area contributed by atoms with Crippen LogP contribution in [-0.2, 0) is 16.1 Å². The fourth-order valence-corrected chi connectivity index (χ4v) is 2.62. The summed E-state index contributed by atoms with van der Waals surface area (Å²) in [5.74, 6) is -7.87. The molecule has 0 saturated carbocycles. The maximum atomic E-state index is 13.5. The molecule has 2 N–H and O–H groups in total. The third kappa shape index (κ3) is 2.29. The van der Waals surface area contributed by atoms with Gasteiger partial charge in [-0.05, 0) is 36.9 Å². The van der Waals surface area contributed by atoms with Gasteiger partial charge in [-0.25, -0.2) is 0 Å². The Balaban J connectivity index is 2.43. The molecule has 6 heteroatoms.